The van der Waals surface area contributed by atoms with Gasteiger partial charge in [0.2, 0.25) is 5.12 Å². The summed E-state index contributed by atoms with van der Waals surface area (Å²) < 4.78 is 17.4. The second kappa shape index (κ2) is 3.66. The quantitative estimate of drug-likeness (QED) is 0.446. The van der Waals surface area contributed by atoms with E-state index in [0.717, 1.165) is 21.2 Å². The first kappa shape index (κ1) is 9.96. The van der Waals surface area contributed by atoms with Crippen molar-refractivity contribution < 1.29 is 8.76 Å². The van der Waals surface area contributed by atoms with Gasteiger partial charge in [-0.2, -0.15) is 0 Å². The monoisotopic (exact) mass is 247 g/mol. The van der Waals surface area contributed by atoms with Gasteiger partial charge in [0, 0.05) is 16.1 Å². The van der Waals surface area contributed by atoms with Crippen molar-refractivity contribution in [2.75, 3.05) is 0 Å². The van der Waals surface area contributed by atoms with Crippen LogP contribution in [0.4, 0.5) is 0 Å². The molecule has 0 radical (unpaired) electrons. The van der Waals surface area contributed by atoms with Gasteiger partial charge in [0.05, 0.1) is 0 Å². The number of fused-ring (bicyclic) bond motifs is 3. The molecule has 0 bridgehead atoms. The van der Waals surface area contributed by atoms with Crippen molar-refractivity contribution >= 4 is 43.7 Å². The Labute approximate surface area is 95.3 Å². The molecule has 0 saturated heterocycles. The molecule has 2 nitrogen and oxygen atoms in total. The van der Waals surface area contributed by atoms with Crippen molar-refractivity contribution in [2.45, 2.75) is 0 Å². The van der Waals surface area contributed by atoms with Crippen LogP contribution in [0.5, 0.6) is 0 Å². The fourth-order valence-electron chi connectivity index (χ4n) is 1.89. The third kappa shape index (κ3) is 1.38. The molecule has 4 heteroatoms. The summed E-state index contributed by atoms with van der Waals surface area (Å²) in [6, 6.07) is 13.6. The minimum atomic E-state index is -1.79. The van der Waals surface area contributed by atoms with E-state index in [1.807, 2.05) is 42.5 Å². The average molecular weight is 247 g/mol. The highest BCUT2D eigenvalue weighted by atomic mass is 31.1. The van der Waals surface area contributed by atoms with Crippen LogP contribution >= 0.6 is 16.9 Å². The third-order valence-electron chi connectivity index (χ3n) is 2.61. The van der Waals surface area contributed by atoms with E-state index in [2.05, 4.69) is 9.24 Å². The number of hydrogen-bond acceptors (Lipinski definition) is 2. The maximum absolute atomic E-state index is 12.0. The minimum absolute atomic E-state index is 0.701. The predicted molar refractivity (Wildman–Crippen MR) is 70.7 cm³/mol. The largest absolute Gasteiger partial charge is 0.598 e. The van der Waals surface area contributed by atoms with Gasteiger partial charge in [-0.1, -0.05) is 30.3 Å². The van der Waals surface area contributed by atoms with Crippen LogP contribution in [0.25, 0.3) is 21.5 Å². The highest BCUT2D eigenvalue weighted by molar-refractivity contribution is 7.41. The van der Waals surface area contributed by atoms with Crippen molar-refractivity contribution in [2.24, 2.45) is 0 Å². The second-order valence-corrected chi connectivity index (χ2v) is 5.35. The van der Waals surface area contributed by atoms with Gasteiger partial charge in [0.25, 0.3) is 0 Å². The number of benzene rings is 2. The molecule has 3 rings (SSSR count). The van der Waals surface area contributed by atoms with Crippen LogP contribution in [0, 0.1) is 0 Å². The molecule has 16 heavy (non-hydrogen) atoms. The van der Waals surface area contributed by atoms with E-state index in [1.54, 1.807) is 0 Å². The summed E-state index contributed by atoms with van der Waals surface area (Å²) in [5.41, 5.74) is 0.701. The van der Waals surface area contributed by atoms with E-state index in [0.29, 0.717) is 5.58 Å². The maximum atomic E-state index is 12.0. The van der Waals surface area contributed by atoms with Crippen molar-refractivity contribution in [3.8, 4) is 0 Å². The Morgan fingerprint density at radius 2 is 1.75 bits per heavy atom. The molecule has 2 atom stereocenters. The number of rotatable bonds is 0. The van der Waals surface area contributed by atoms with Crippen molar-refractivity contribution in [1.82, 2.24) is 0 Å². The molecule has 0 aliphatic carbocycles. The van der Waals surface area contributed by atoms with E-state index in [1.165, 1.54) is 0 Å². The number of para-hydroxylation sites is 1. The molecule has 78 valence electrons. The fourth-order valence-corrected chi connectivity index (χ4v) is 3.58. The maximum Gasteiger partial charge on any atom is 0.598 e. The SMILES string of the molecule is O=[p+]1oc2ccccc2c2cccc(P)c21. The van der Waals surface area contributed by atoms with Crippen molar-refractivity contribution in [3.63, 3.8) is 0 Å². The number of hydrogen-bond donors (Lipinski definition) is 0. The van der Waals surface area contributed by atoms with E-state index < -0.39 is 7.65 Å². The van der Waals surface area contributed by atoms with Crippen LogP contribution < -0.4 is 5.30 Å². The lowest BCUT2D eigenvalue weighted by atomic mass is 10.1. The van der Waals surface area contributed by atoms with Gasteiger partial charge >= 0.3 is 7.65 Å². The molecule has 0 saturated carbocycles. The Morgan fingerprint density at radius 1 is 1.00 bits per heavy atom. The summed E-state index contributed by atoms with van der Waals surface area (Å²) >= 11 is 0. The second-order valence-electron chi connectivity index (χ2n) is 3.59. The van der Waals surface area contributed by atoms with Gasteiger partial charge in [-0.3, -0.25) is 0 Å². The first-order valence-corrected chi connectivity index (χ1v) is 6.66. The normalized spacial score (nSPS) is 12.2. The summed E-state index contributed by atoms with van der Waals surface area (Å²) in [6.07, 6.45) is 0. The van der Waals surface area contributed by atoms with Crippen LogP contribution in [0.3, 0.4) is 0 Å². The first-order chi connectivity index (χ1) is 7.77. The molecule has 0 amide bonds. The average Bonchev–Trinajstić information content (AvgIpc) is 2.29. The van der Waals surface area contributed by atoms with Crippen LogP contribution in [0.1, 0.15) is 0 Å². The molecule has 0 fully saturated rings. The van der Waals surface area contributed by atoms with Gasteiger partial charge in [0.1, 0.15) is 0 Å². The highest BCUT2D eigenvalue weighted by Crippen LogP contribution is 2.34. The van der Waals surface area contributed by atoms with Crippen LogP contribution in [0.2, 0.25) is 0 Å². The van der Waals surface area contributed by atoms with Crippen molar-refractivity contribution in [3.05, 3.63) is 42.5 Å². The van der Waals surface area contributed by atoms with Gasteiger partial charge in [-0.05, 0) is 16.7 Å². The Balaban J connectivity index is 2.71. The minimum Gasteiger partial charge on any atom is -0.250 e. The molecule has 0 aliphatic rings. The summed E-state index contributed by atoms with van der Waals surface area (Å²) in [7, 11) is 0.820. The Bertz CT molecular complexity index is 747. The van der Waals surface area contributed by atoms with Gasteiger partial charge < -0.3 is 0 Å². The zero-order valence-electron chi connectivity index (χ0n) is 8.38. The van der Waals surface area contributed by atoms with Gasteiger partial charge in [0.15, 0.2) is 5.58 Å². The zero-order chi connectivity index (χ0) is 11.1. The van der Waals surface area contributed by atoms with E-state index in [4.69, 9.17) is 4.20 Å². The van der Waals surface area contributed by atoms with Gasteiger partial charge in [-0.25, -0.2) is 4.20 Å². The van der Waals surface area contributed by atoms with Crippen LogP contribution in [0.15, 0.2) is 46.7 Å². The lowest BCUT2D eigenvalue weighted by molar-refractivity contribution is 0.563. The molecule has 2 aromatic carbocycles. The molecule has 0 spiro atoms. The van der Waals surface area contributed by atoms with Crippen LogP contribution in [-0.4, -0.2) is 0 Å². The zero-order valence-corrected chi connectivity index (χ0v) is 10.4. The Kier molecular flexibility index (Phi) is 2.28. The molecule has 3 aromatic rings. The molecule has 1 aromatic heterocycles. The molecular weight excluding hydrogens is 238 g/mol. The Morgan fingerprint density at radius 3 is 2.62 bits per heavy atom. The fraction of sp³-hybridized carbons (Fsp3) is 0. The van der Waals surface area contributed by atoms with E-state index in [9.17, 15) is 4.57 Å². The topological polar surface area (TPSA) is 30.2 Å². The third-order valence-corrected chi connectivity index (χ3v) is 4.56. The smallest absolute Gasteiger partial charge is 0.250 e. The Hall–Kier alpha value is -1.23. The summed E-state index contributed by atoms with van der Waals surface area (Å²) in [6.45, 7) is 0. The standard InChI is InChI=1S/C12H9O2P2/c13-16-12-9(5-3-7-11(12)15)8-4-1-2-6-10(8)14-16/h1-7H,15H2/q+1. The van der Waals surface area contributed by atoms with E-state index >= 15 is 0 Å². The molecule has 2 unspecified atom stereocenters. The lowest BCUT2D eigenvalue weighted by Gasteiger charge is -1.97. The molecular formula is C12H9O2P2+. The first-order valence-electron chi connectivity index (χ1n) is 4.90. The van der Waals surface area contributed by atoms with Crippen molar-refractivity contribution in [1.29, 1.82) is 0 Å². The lowest BCUT2D eigenvalue weighted by Crippen LogP contribution is -1.90. The summed E-state index contributed by atoms with van der Waals surface area (Å²) in [5.74, 6) is 0. The summed E-state index contributed by atoms with van der Waals surface area (Å²) in [5, 5.41) is 3.75. The summed E-state index contributed by atoms with van der Waals surface area (Å²) in [4.78, 5) is 0. The highest BCUT2D eigenvalue weighted by Gasteiger charge is 2.17. The van der Waals surface area contributed by atoms with E-state index in [-0.39, 0.29) is 0 Å². The molecule has 1 heterocycles. The molecule has 0 N–H and O–H groups in total. The van der Waals surface area contributed by atoms with Gasteiger partial charge in [-0.15, -0.1) is 9.24 Å². The predicted octanol–water partition coefficient (Wildman–Crippen LogP) is 3.83. The van der Waals surface area contributed by atoms with Crippen LogP contribution in [-0.2, 0) is 4.57 Å². The molecule has 0 aliphatic heterocycles.